The van der Waals surface area contributed by atoms with Crippen molar-refractivity contribution in [3.05, 3.63) is 23.7 Å². The molecule has 2 N–H and O–H groups in total. The highest BCUT2D eigenvalue weighted by atomic mass is 19.3. The topological polar surface area (TPSA) is 76.9 Å². The van der Waals surface area contributed by atoms with E-state index in [9.17, 15) is 13.2 Å². The van der Waals surface area contributed by atoms with Crippen LogP contribution in [0.1, 0.15) is 30.1 Å². The molecule has 2 aromatic heterocycles. The second-order valence-corrected chi connectivity index (χ2v) is 6.13. The number of anilines is 3. The number of rotatable bonds is 6. The van der Waals surface area contributed by atoms with E-state index in [0.717, 1.165) is 31.3 Å². The van der Waals surface area contributed by atoms with Crippen molar-refractivity contribution in [3.63, 3.8) is 0 Å². The highest BCUT2D eigenvalue weighted by Gasteiger charge is 2.35. The predicted octanol–water partition coefficient (Wildman–Crippen LogP) is 3.18. The lowest BCUT2D eigenvalue weighted by Gasteiger charge is -2.23. The summed E-state index contributed by atoms with van der Waals surface area (Å²) in [6.07, 6.45) is 4.52. The van der Waals surface area contributed by atoms with Gasteiger partial charge in [0.1, 0.15) is 5.82 Å². The highest BCUT2D eigenvalue weighted by Crippen LogP contribution is 2.33. The number of hydrogen-bond acceptors (Lipinski definition) is 6. The van der Waals surface area contributed by atoms with Crippen LogP contribution in [0.4, 0.5) is 30.6 Å². The SMILES string of the molecule is CNc1nc(Nc2cnn(C3CCCOC3)c2C)ncc1C(F)(F)CF. The van der Waals surface area contributed by atoms with Crippen LogP contribution in [-0.2, 0) is 10.7 Å². The summed E-state index contributed by atoms with van der Waals surface area (Å²) < 4.78 is 47.2. The van der Waals surface area contributed by atoms with Gasteiger partial charge in [-0.3, -0.25) is 4.68 Å². The lowest BCUT2D eigenvalue weighted by atomic mass is 10.1. The van der Waals surface area contributed by atoms with Crippen LogP contribution in [0.2, 0.25) is 0 Å². The molecular formula is C16H21F3N6O. The average Bonchev–Trinajstić information content (AvgIpc) is 3.02. The van der Waals surface area contributed by atoms with E-state index in [1.165, 1.54) is 7.05 Å². The summed E-state index contributed by atoms with van der Waals surface area (Å²) in [7, 11) is 1.44. The minimum absolute atomic E-state index is 0.121. The Morgan fingerprint density at radius 1 is 1.38 bits per heavy atom. The maximum absolute atomic E-state index is 13.6. The van der Waals surface area contributed by atoms with E-state index in [-0.39, 0.29) is 17.8 Å². The third-order valence-electron chi connectivity index (χ3n) is 4.36. The van der Waals surface area contributed by atoms with Gasteiger partial charge in [-0.25, -0.2) is 9.37 Å². The van der Waals surface area contributed by atoms with Gasteiger partial charge >= 0.3 is 5.92 Å². The van der Waals surface area contributed by atoms with Crippen LogP contribution in [0.25, 0.3) is 0 Å². The second-order valence-electron chi connectivity index (χ2n) is 6.13. The summed E-state index contributed by atoms with van der Waals surface area (Å²) in [5.41, 5.74) is 0.954. The standard InChI is InChI=1S/C16H21F3N6O/c1-10-13(7-22-25(10)11-4-3-5-26-8-11)23-15-21-6-12(14(20-2)24-15)16(18,19)9-17/h6-7,11H,3-5,8-9H2,1-2H3,(H2,20,21,23,24). The summed E-state index contributed by atoms with van der Waals surface area (Å²) >= 11 is 0. The molecule has 0 spiro atoms. The second kappa shape index (κ2) is 7.48. The number of aromatic nitrogens is 4. The molecule has 142 valence electrons. The van der Waals surface area contributed by atoms with Crippen LogP contribution in [0.3, 0.4) is 0 Å². The number of halogens is 3. The molecule has 0 radical (unpaired) electrons. The Labute approximate surface area is 149 Å². The van der Waals surface area contributed by atoms with E-state index >= 15 is 0 Å². The van der Waals surface area contributed by atoms with Crippen LogP contribution in [0, 0.1) is 6.92 Å². The molecule has 1 saturated heterocycles. The fraction of sp³-hybridized carbons (Fsp3) is 0.562. The molecule has 3 heterocycles. The first-order chi connectivity index (χ1) is 12.5. The predicted molar refractivity (Wildman–Crippen MR) is 90.8 cm³/mol. The molecule has 1 unspecified atom stereocenters. The summed E-state index contributed by atoms with van der Waals surface area (Å²) in [4.78, 5) is 7.91. The van der Waals surface area contributed by atoms with Gasteiger partial charge in [0.2, 0.25) is 5.95 Å². The number of hydrogen-bond donors (Lipinski definition) is 2. The van der Waals surface area contributed by atoms with Crippen LogP contribution in [0.15, 0.2) is 12.4 Å². The molecule has 0 amide bonds. The molecule has 0 bridgehead atoms. The average molecular weight is 370 g/mol. The van der Waals surface area contributed by atoms with Crippen molar-refractivity contribution in [2.75, 3.05) is 37.6 Å². The van der Waals surface area contributed by atoms with E-state index in [1.54, 1.807) is 6.20 Å². The normalized spacial score (nSPS) is 18.0. The Balaban J connectivity index is 1.82. The first kappa shape index (κ1) is 18.4. The maximum atomic E-state index is 13.6. The third-order valence-corrected chi connectivity index (χ3v) is 4.36. The molecule has 1 atom stereocenters. The molecule has 1 aliphatic rings. The van der Waals surface area contributed by atoms with Gasteiger partial charge in [-0.1, -0.05) is 0 Å². The fourth-order valence-electron chi connectivity index (χ4n) is 2.92. The molecule has 0 saturated carbocycles. The summed E-state index contributed by atoms with van der Waals surface area (Å²) in [5.74, 6) is -3.65. The highest BCUT2D eigenvalue weighted by molar-refractivity contribution is 5.58. The van der Waals surface area contributed by atoms with Crippen molar-refractivity contribution in [3.8, 4) is 0 Å². The Bertz CT molecular complexity index is 760. The van der Waals surface area contributed by atoms with Gasteiger partial charge in [-0.15, -0.1) is 0 Å². The van der Waals surface area contributed by atoms with Gasteiger partial charge in [-0.2, -0.15) is 18.9 Å². The van der Waals surface area contributed by atoms with Crippen molar-refractivity contribution in [1.29, 1.82) is 0 Å². The minimum Gasteiger partial charge on any atom is -0.379 e. The Morgan fingerprint density at radius 3 is 2.85 bits per heavy atom. The number of alkyl halides is 3. The molecule has 0 aromatic carbocycles. The zero-order chi connectivity index (χ0) is 18.7. The van der Waals surface area contributed by atoms with Gasteiger partial charge in [0, 0.05) is 19.9 Å². The van der Waals surface area contributed by atoms with Crippen molar-refractivity contribution >= 4 is 17.5 Å². The lowest BCUT2D eigenvalue weighted by molar-refractivity contribution is -0.0279. The number of nitrogens with zero attached hydrogens (tertiary/aromatic N) is 4. The zero-order valence-electron chi connectivity index (χ0n) is 14.6. The summed E-state index contributed by atoms with van der Waals surface area (Å²) in [5, 5.41) is 9.92. The Kier molecular flexibility index (Phi) is 5.30. The number of ether oxygens (including phenoxy) is 1. The van der Waals surface area contributed by atoms with Crippen molar-refractivity contribution in [2.24, 2.45) is 0 Å². The van der Waals surface area contributed by atoms with Crippen LogP contribution < -0.4 is 10.6 Å². The molecule has 10 heteroatoms. The molecule has 1 fully saturated rings. The van der Waals surface area contributed by atoms with Crippen LogP contribution in [0.5, 0.6) is 0 Å². The summed E-state index contributed by atoms with van der Waals surface area (Å²) in [6, 6.07) is 0.165. The van der Waals surface area contributed by atoms with E-state index < -0.39 is 18.2 Å². The Hall–Kier alpha value is -2.36. The third kappa shape index (κ3) is 3.59. The van der Waals surface area contributed by atoms with E-state index in [4.69, 9.17) is 4.74 Å². The van der Waals surface area contributed by atoms with E-state index in [2.05, 4.69) is 25.7 Å². The molecule has 2 aromatic rings. The monoisotopic (exact) mass is 370 g/mol. The molecule has 7 nitrogen and oxygen atoms in total. The molecule has 3 rings (SSSR count). The van der Waals surface area contributed by atoms with Crippen molar-refractivity contribution < 1.29 is 17.9 Å². The smallest absolute Gasteiger partial charge is 0.306 e. The molecule has 1 aliphatic heterocycles. The van der Waals surface area contributed by atoms with Crippen molar-refractivity contribution in [2.45, 2.75) is 31.7 Å². The van der Waals surface area contributed by atoms with E-state index in [1.807, 2.05) is 11.6 Å². The summed E-state index contributed by atoms with van der Waals surface area (Å²) in [6.45, 7) is 1.45. The largest absolute Gasteiger partial charge is 0.379 e. The quantitative estimate of drug-likeness (QED) is 0.813. The lowest BCUT2D eigenvalue weighted by Crippen LogP contribution is -2.23. The maximum Gasteiger partial charge on any atom is 0.306 e. The first-order valence-corrected chi connectivity index (χ1v) is 8.34. The molecule has 0 aliphatic carbocycles. The molecule has 26 heavy (non-hydrogen) atoms. The van der Waals surface area contributed by atoms with E-state index in [0.29, 0.717) is 12.3 Å². The first-order valence-electron chi connectivity index (χ1n) is 8.34. The molecular weight excluding hydrogens is 349 g/mol. The van der Waals surface area contributed by atoms with Gasteiger partial charge in [0.25, 0.3) is 0 Å². The minimum atomic E-state index is -3.64. The number of nitrogens with one attached hydrogen (secondary N) is 2. The van der Waals surface area contributed by atoms with Crippen molar-refractivity contribution in [1.82, 2.24) is 19.7 Å². The van der Waals surface area contributed by atoms with Gasteiger partial charge in [-0.05, 0) is 19.8 Å². The zero-order valence-corrected chi connectivity index (χ0v) is 14.6. The fourth-order valence-corrected chi connectivity index (χ4v) is 2.92. The Morgan fingerprint density at radius 2 is 2.19 bits per heavy atom. The van der Waals surface area contributed by atoms with Gasteiger partial charge in [0.05, 0.1) is 35.8 Å². The van der Waals surface area contributed by atoms with Crippen LogP contribution in [-0.4, -0.2) is 46.7 Å². The van der Waals surface area contributed by atoms with Gasteiger partial charge < -0.3 is 15.4 Å². The van der Waals surface area contributed by atoms with Gasteiger partial charge in [0.15, 0.2) is 6.67 Å². The van der Waals surface area contributed by atoms with Crippen LogP contribution >= 0.6 is 0 Å².